The number of rotatable bonds is 6. The van der Waals surface area contributed by atoms with Crippen molar-refractivity contribution in [1.82, 2.24) is 9.13 Å². The van der Waals surface area contributed by atoms with Crippen LogP contribution < -0.4 is 24.3 Å². The van der Waals surface area contributed by atoms with E-state index in [1.54, 1.807) is 0 Å². The summed E-state index contributed by atoms with van der Waals surface area (Å²) < 4.78 is 35.6. The quantitative estimate of drug-likeness (QED) is 0.123. The first-order chi connectivity index (χ1) is 49.7. The largest absolute Gasteiger partial charge is 1.00 e. The van der Waals surface area contributed by atoms with Gasteiger partial charge in [-0.3, -0.25) is 0 Å². The molecule has 12 aromatic carbocycles. The second-order valence-electron chi connectivity index (χ2n) is 30.5. The Kier molecular flexibility index (Phi) is 17.5. The van der Waals surface area contributed by atoms with Gasteiger partial charge in [-0.2, -0.15) is 6.42 Å². The summed E-state index contributed by atoms with van der Waals surface area (Å²) in [5.74, 6) is 0. The molecule has 20 rings (SSSR count). The molecule has 7 nitrogen and oxygen atoms in total. The van der Waals surface area contributed by atoms with E-state index in [0.29, 0.717) is 0 Å². The fourth-order valence-electron chi connectivity index (χ4n) is 17.1. The van der Waals surface area contributed by atoms with Crippen LogP contribution in [0.3, 0.4) is 0 Å². The molecule has 0 atom stereocenters. The molecule has 2 aliphatic heterocycles. The number of hydrogen-bond acceptors (Lipinski definition) is 5. The van der Waals surface area contributed by atoms with E-state index in [1.807, 2.05) is 41.5 Å². The van der Waals surface area contributed by atoms with Crippen LogP contribution in [0.1, 0.15) is 134 Å². The summed E-state index contributed by atoms with van der Waals surface area (Å²) in [6, 6.07) is 99.0. The van der Waals surface area contributed by atoms with Crippen LogP contribution in [0, 0.1) is 6.92 Å². The first-order valence-corrected chi connectivity index (χ1v) is 37.3. The Labute approximate surface area is 633 Å². The molecule has 6 aliphatic rings. The average Bonchev–Trinajstić information content (AvgIpc) is 1.51. The molecule has 0 bridgehead atoms. The Bertz CT molecular complexity index is 5570. The molecular weight excluding hydrogens is 1330 g/mol. The number of fused-ring (bicyclic) bond motifs is 26. The Morgan fingerprint density at radius 1 is 0.365 bits per heavy atom. The van der Waals surface area contributed by atoms with Crippen LogP contribution in [0.15, 0.2) is 271 Å². The predicted molar refractivity (Wildman–Crippen MR) is 430 cm³/mol. The summed E-state index contributed by atoms with van der Waals surface area (Å²) in [5, 5.41) is 4.94. The molecule has 2 fully saturated rings. The number of para-hydroxylation sites is 2. The zero-order valence-corrected chi connectivity index (χ0v) is 63.2. The maximum Gasteiger partial charge on any atom is 1.00 e. The first-order valence-electron chi connectivity index (χ1n) is 36.5. The minimum Gasteiger partial charge on any atom is -0.399 e. The van der Waals surface area contributed by atoms with Crippen LogP contribution in [-0.2, 0) is 34.1 Å². The molecule has 4 heterocycles. The average molecular weight is 1420 g/mol. The van der Waals surface area contributed by atoms with E-state index >= 15 is 0 Å². The van der Waals surface area contributed by atoms with Gasteiger partial charge in [0.25, 0.3) is 0 Å². The zero-order chi connectivity index (χ0) is 71.1. The Balaban J connectivity index is 0.000000131. The standard InChI is InChI=1S/C43H34BNO2.C37H22BrN.C9H19BO3.C4H9.Li/c1-41(2)42(3,4)47-44(46-41)27-21-24-40-34(25-27)33-16-8-12-20-39(33)45(40)28-22-23-32-31-15-7-11-19-37(31)43(38(32)26-28)35-17-9-5-13-29(35)30-14-6-10-18-36(30)43;38-23-17-20-36-30(21-23)29-12-4-8-16-35(29)39(36)24-18-19-28-27-11-3-7-15-33(27)37(34(28)22-24)31-13-5-1-9-25(31)26-10-2-6-14-32(26)37;1-7(2)11-10-12-8(3,4)9(5,6)13-10;1-3-4-2;/h5-26H,1-4H3;1-22H;7H,1-6H3;1,3-4H2,2H3;/q;;;-1;+1. The van der Waals surface area contributed by atoms with Crippen molar-refractivity contribution in [2.75, 3.05) is 0 Å². The molecule has 0 radical (unpaired) electrons. The van der Waals surface area contributed by atoms with E-state index < -0.39 is 25.6 Å². The number of benzene rings is 12. The van der Waals surface area contributed by atoms with Gasteiger partial charge in [0.2, 0.25) is 0 Å². The monoisotopic (exact) mass is 1420 g/mol. The van der Waals surface area contributed by atoms with Crippen LogP contribution in [0.4, 0.5) is 0 Å². The fourth-order valence-corrected chi connectivity index (χ4v) is 17.5. The molecule has 11 heteroatoms. The minimum atomic E-state index is -0.523. The van der Waals surface area contributed by atoms with Crippen molar-refractivity contribution in [2.24, 2.45) is 0 Å². The smallest absolute Gasteiger partial charge is 0.399 e. The molecule has 0 saturated carbocycles. The van der Waals surface area contributed by atoms with Gasteiger partial charge in [-0.1, -0.05) is 236 Å². The van der Waals surface area contributed by atoms with E-state index in [2.05, 4.69) is 334 Å². The Morgan fingerprint density at radius 3 is 1.04 bits per heavy atom. The van der Waals surface area contributed by atoms with Crippen molar-refractivity contribution in [3.8, 4) is 55.9 Å². The molecule has 2 aromatic heterocycles. The molecular formula is C93H84B2BrLiN2O5. The molecule has 0 amide bonds. The molecule has 104 heavy (non-hydrogen) atoms. The second kappa shape index (κ2) is 26.1. The van der Waals surface area contributed by atoms with Gasteiger partial charge in [-0.15, -0.1) is 0 Å². The zero-order valence-electron chi connectivity index (χ0n) is 61.6. The SMILES string of the molecule is Brc1ccc2c(c1)c1ccccc1n2-c1ccc2c(c1)C1(c3ccccc3-c3ccccc31)c1ccccc1-2.CC(C)OB1OC(C)(C)C(C)(C)O1.CC1(C)OB(c2ccc3c(c2)c2ccccc2n3-c2ccc3c(c2)C2(c4ccccc4-c4ccccc42)c2ccccc2-3)OC1(C)C.[CH2-]CCC.[Li+]. The topological polar surface area (TPSA) is 56.0 Å². The number of unbranched alkanes of at least 4 members (excludes halogenated alkanes) is 1. The Morgan fingerprint density at radius 2 is 0.673 bits per heavy atom. The maximum absolute atomic E-state index is 6.47. The van der Waals surface area contributed by atoms with E-state index in [1.165, 1.54) is 145 Å². The number of nitrogens with zero attached hydrogens (tertiary/aromatic N) is 2. The van der Waals surface area contributed by atoms with Gasteiger partial charge in [0.15, 0.2) is 0 Å². The third-order valence-electron chi connectivity index (χ3n) is 23.3. The van der Waals surface area contributed by atoms with Crippen molar-refractivity contribution in [3.63, 3.8) is 0 Å². The van der Waals surface area contributed by atoms with Crippen LogP contribution in [0.25, 0.3) is 99.5 Å². The molecule has 4 aliphatic carbocycles. The number of hydrogen-bond donors (Lipinski definition) is 0. The van der Waals surface area contributed by atoms with Crippen LogP contribution >= 0.6 is 15.9 Å². The number of aromatic nitrogens is 2. The molecule has 0 N–H and O–H groups in total. The van der Waals surface area contributed by atoms with Gasteiger partial charge in [-0.05, 0) is 224 Å². The van der Waals surface area contributed by atoms with Crippen molar-refractivity contribution in [3.05, 3.63) is 323 Å². The van der Waals surface area contributed by atoms with Crippen molar-refractivity contribution in [2.45, 2.75) is 128 Å². The summed E-state index contributed by atoms with van der Waals surface area (Å²) >= 11 is 3.70. The van der Waals surface area contributed by atoms with Gasteiger partial charge >= 0.3 is 33.3 Å². The van der Waals surface area contributed by atoms with E-state index in [0.717, 1.165) is 22.0 Å². The molecule has 14 aromatic rings. The van der Waals surface area contributed by atoms with Crippen molar-refractivity contribution >= 4 is 79.4 Å². The first kappa shape index (κ1) is 69.6. The maximum atomic E-state index is 6.47. The normalized spacial score (nSPS) is 16.7. The van der Waals surface area contributed by atoms with E-state index in [-0.39, 0.29) is 47.0 Å². The third kappa shape index (κ3) is 10.6. The fraction of sp³-hybridized carbons (Fsp3) is 0.215. The van der Waals surface area contributed by atoms with Gasteiger partial charge in [0.1, 0.15) is 0 Å². The second-order valence-corrected chi connectivity index (χ2v) is 31.5. The summed E-state index contributed by atoms with van der Waals surface area (Å²) in [6.45, 7) is 26.1. The molecule has 0 unspecified atom stereocenters. The molecule has 2 spiro atoms. The van der Waals surface area contributed by atoms with Crippen molar-refractivity contribution < 1.29 is 42.1 Å². The van der Waals surface area contributed by atoms with E-state index in [4.69, 9.17) is 23.3 Å². The third-order valence-corrected chi connectivity index (χ3v) is 23.8. The van der Waals surface area contributed by atoms with Gasteiger partial charge < -0.3 is 39.3 Å². The van der Waals surface area contributed by atoms with Gasteiger partial charge in [0, 0.05) is 43.5 Å². The summed E-state index contributed by atoms with van der Waals surface area (Å²) in [7, 11) is -0.933. The predicted octanol–water partition coefficient (Wildman–Crippen LogP) is 19.9. The van der Waals surface area contributed by atoms with Gasteiger partial charge in [-0.25, -0.2) is 0 Å². The molecule has 2 saturated heterocycles. The van der Waals surface area contributed by atoms with E-state index in [9.17, 15) is 0 Å². The summed E-state index contributed by atoms with van der Waals surface area (Å²) in [6.07, 6.45) is 2.40. The van der Waals surface area contributed by atoms with Crippen LogP contribution in [-0.4, -0.2) is 52.1 Å². The number of halogens is 1. The van der Waals surface area contributed by atoms with Crippen LogP contribution in [0.2, 0.25) is 0 Å². The van der Waals surface area contributed by atoms with Gasteiger partial charge in [0.05, 0.1) is 55.3 Å². The van der Waals surface area contributed by atoms with Crippen molar-refractivity contribution in [1.29, 1.82) is 0 Å². The molecule has 510 valence electrons. The summed E-state index contributed by atoms with van der Waals surface area (Å²) in [5.41, 5.74) is 27.6. The minimum absolute atomic E-state index is 0. The van der Waals surface area contributed by atoms with Crippen LogP contribution in [0.5, 0.6) is 0 Å². The Hall–Kier alpha value is -8.75. The summed E-state index contributed by atoms with van der Waals surface area (Å²) in [4.78, 5) is 0.